The number of benzene rings is 2. The van der Waals surface area contributed by atoms with Gasteiger partial charge in [-0.05, 0) is 42.5 Å². The molecule has 0 aliphatic heterocycles. The van der Waals surface area contributed by atoms with Gasteiger partial charge in [0.1, 0.15) is 11.5 Å². The zero-order valence-electron chi connectivity index (χ0n) is 14.5. The molecule has 0 aliphatic carbocycles. The topological polar surface area (TPSA) is 84.9 Å². The molecule has 0 saturated heterocycles. The maximum absolute atomic E-state index is 12.3. The lowest BCUT2D eigenvalue weighted by atomic mass is 10.3. The molecule has 2 aromatic carbocycles. The molecule has 2 aromatic rings. The van der Waals surface area contributed by atoms with Gasteiger partial charge in [0.05, 0.1) is 17.7 Å². The average Bonchev–Trinajstić information content (AvgIpc) is 2.61. The number of carbonyl (C=O) groups excluding carboxylic acids is 1. The zero-order valence-corrected chi connectivity index (χ0v) is 16.9. The molecule has 0 saturated carbocycles. The SMILES string of the molecule is COc1ccc(S(=O)(=O)N(C)C)cc1NC(=O)COc1ccc(Br)cc1. The molecular formula is C17H19BrN2O5S. The first kappa shape index (κ1) is 20.2. The molecule has 140 valence electrons. The highest BCUT2D eigenvalue weighted by molar-refractivity contribution is 9.10. The van der Waals surface area contributed by atoms with Crippen molar-refractivity contribution in [3.63, 3.8) is 0 Å². The first-order valence-electron chi connectivity index (χ1n) is 7.53. The van der Waals surface area contributed by atoms with Crippen LogP contribution < -0.4 is 14.8 Å². The summed E-state index contributed by atoms with van der Waals surface area (Å²) in [4.78, 5) is 12.2. The lowest BCUT2D eigenvalue weighted by molar-refractivity contribution is -0.118. The van der Waals surface area contributed by atoms with Crippen LogP contribution in [0.15, 0.2) is 51.8 Å². The third-order valence-corrected chi connectivity index (χ3v) is 5.75. The summed E-state index contributed by atoms with van der Waals surface area (Å²) < 4.78 is 37.1. The summed E-state index contributed by atoms with van der Waals surface area (Å²) in [5, 5.41) is 2.61. The molecule has 1 amide bonds. The van der Waals surface area contributed by atoms with Gasteiger partial charge in [0, 0.05) is 18.6 Å². The average molecular weight is 443 g/mol. The molecule has 0 aromatic heterocycles. The fourth-order valence-corrected chi connectivity index (χ4v) is 3.21. The van der Waals surface area contributed by atoms with Crippen molar-refractivity contribution in [3.05, 3.63) is 46.9 Å². The van der Waals surface area contributed by atoms with Gasteiger partial charge in [-0.25, -0.2) is 12.7 Å². The van der Waals surface area contributed by atoms with Gasteiger partial charge in [-0.2, -0.15) is 0 Å². The first-order valence-corrected chi connectivity index (χ1v) is 9.76. The maximum atomic E-state index is 12.3. The number of methoxy groups -OCH3 is 1. The van der Waals surface area contributed by atoms with Gasteiger partial charge in [-0.15, -0.1) is 0 Å². The third kappa shape index (κ3) is 4.96. The Morgan fingerprint density at radius 1 is 1.15 bits per heavy atom. The summed E-state index contributed by atoms with van der Waals surface area (Å²) in [5.74, 6) is 0.449. The van der Waals surface area contributed by atoms with E-state index < -0.39 is 15.9 Å². The van der Waals surface area contributed by atoms with Crippen LogP contribution in [0, 0.1) is 0 Å². The van der Waals surface area contributed by atoms with Crippen LogP contribution in [0.3, 0.4) is 0 Å². The van der Waals surface area contributed by atoms with E-state index in [1.807, 2.05) is 0 Å². The molecular weight excluding hydrogens is 424 g/mol. The Morgan fingerprint density at radius 2 is 1.81 bits per heavy atom. The minimum absolute atomic E-state index is 0.0485. The van der Waals surface area contributed by atoms with E-state index in [1.165, 1.54) is 39.4 Å². The van der Waals surface area contributed by atoms with Gasteiger partial charge >= 0.3 is 0 Å². The Bertz CT molecular complexity index is 883. The Morgan fingerprint density at radius 3 is 2.38 bits per heavy atom. The number of anilines is 1. The van der Waals surface area contributed by atoms with E-state index in [2.05, 4.69) is 21.2 Å². The highest BCUT2D eigenvalue weighted by atomic mass is 79.9. The molecule has 1 N–H and O–H groups in total. The Kier molecular flexibility index (Phi) is 6.63. The van der Waals surface area contributed by atoms with Gasteiger partial charge < -0.3 is 14.8 Å². The van der Waals surface area contributed by atoms with Crippen molar-refractivity contribution >= 4 is 37.5 Å². The molecule has 0 radical (unpaired) electrons. The first-order chi connectivity index (χ1) is 12.2. The summed E-state index contributed by atoms with van der Waals surface area (Å²) >= 11 is 3.32. The number of amides is 1. The van der Waals surface area contributed by atoms with Gasteiger partial charge in [0.25, 0.3) is 5.91 Å². The highest BCUT2D eigenvalue weighted by Crippen LogP contribution is 2.28. The Labute approximate surface area is 161 Å². The summed E-state index contributed by atoms with van der Waals surface area (Å²) in [7, 11) is 0.674. The van der Waals surface area contributed by atoms with Crippen LogP contribution in [0.25, 0.3) is 0 Å². The standard InChI is InChI=1S/C17H19BrN2O5S/c1-20(2)26(22,23)14-8-9-16(24-3)15(10-14)19-17(21)11-25-13-6-4-12(18)5-7-13/h4-10H,11H2,1-3H3,(H,19,21). The number of sulfonamides is 1. The smallest absolute Gasteiger partial charge is 0.262 e. The van der Waals surface area contributed by atoms with E-state index in [4.69, 9.17) is 9.47 Å². The molecule has 0 unspecified atom stereocenters. The summed E-state index contributed by atoms with van der Waals surface area (Å²) in [6.45, 7) is -0.227. The largest absolute Gasteiger partial charge is 0.495 e. The molecule has 9 heteroatoms. The summed E-state index contributed by atoms with van der Waals surface area (Å²) in [5.41, 5.74) is 0.250. The number of ether oxygens (including phenoxy) is 2. The van der Waals surface area contributed by atoms with Gasteiger partial charge in [-0.1, -0.05) is 15.9 Å². The highest BCUT2D eigenvalue weighted by Gasteiger charge is 2.20. The molecule has 26 heavy (non-hydrogen) atoms. The normalized spacial score (nSPS) is 11.3. The molecule has 0 atom stereocenters. The van der Waals surface area contributed by atoms with Crippen LogP contribution in [0.2, 0.25) is 0 Å². The molecule has 0 aliphatic rings. The second kappa shape index (κ2) is 8.52. The molecule has 7 nitrogen and oxygen atoms in total. The predicted molar refractivity (Wildman–Crippen MR) is 102 cm³/mol. The lowest BCUT2D eigenvalue weighted by Gasteiger charge is -2.15. The number of nitrogens with zero attached hydrogens (tertiary/aromatic N) is 1. The van der Waals surface area contributed by atoms with E-state index in [0.29, 0.717) is 11.5 Å². The molecule has 0 spiro atoms. The van der Waals surface area contributed by atoms with E-state index >= 15 is 0 Å². The zero-order chi connectivity index (χ0) is 19.3. The molecule has 0 fully saturated rings. The Hall–Kier alpha value is -2.10. The van der Waals surface area contributed by atoms with E-state index in [0.717, 1.165) is 8.78 Å². The number of hydrogen-bond acceptors (Lipinski definition) is 5. The van der Waals surface area contributed by atoms with Crippen molar-refractivity contribution in [1.29, 1.82) is 0 Å². The summed E-state index contributed by atoms with van der Waals surface area (Å²) in [6.07, 6.45) is 0. The second-order valence-electron chi connectivity index (χ2n) is 5.44. The second-order valence-corrected chi connectivity index (χ2v) is 8.51. The number of hydrogen-bond donors (Lipinski definition) is 1. The summed E-state index contributed by atoms with van der Waals surface area (Å²) in [6, 6.07) is 11.3. The molecule has 0 heterocycles. The van der Waals surface area contributed by atoms with Crippen molar-refractivity contribution in [2.24, 2.45) is 0 Å². The van der Waals surface area contributed by atoms with Crippen molar-refractivity contribution in [2.75, 3.05) is 33.1 Å². The third-order valence-electron chi connectivity index (χ3n) is 3.41. The number of carbonyl (C=O) groups is 1. The maximum Gasteiger partial charge on any atom is 0.262 e. The fraction of sp³-hybridized carbons (Fsp3) is 0.235. The monoisotopic (exact) mass is 442 g/mol. The van der Waals surface area contributed by atoms with Crippen LogP contribution in [0.1, 0.15) is 0 Å². The minimum Gasteiger partial charge on any atom is -0.495 e. The van der Waals surface area contributed by atoms with Crippen molar-refractivity contribution in [1.82, 2.24) is 4.31 Å². The van der Waals surface area contributed by atoms with E-state index in [1.54, 1.807) is 24.3 Å². The quantitative estimate of drug-likeness (QED) is 0.712. The predicted octanol–water partition coefficient (Wildman–Crippen LogP) is 2.73. The van der Waals surface area contributed by atoms with Crippen LogP contribution in [0.4, 0.5) is 5.69 Å². The number of nitrogens with one attached hydrogen (secondary N) is 1. The van der Waals surface area contributed by atoms with Crippen molar-refractivity contribution in [3.8, 4) is 11.5 Å². The van der Waals surface area contributed by atoms with Crippen LogP contribution in [-0.4, -0.2) is 46.4 Å². The van der Waals surface area contributed by atoms with E-state index in [-0.39, 0.29) is 17.2 Å². The number of rotatable bonds is 7. The van der Waals surface area contributed by atoms with Gasteiger partial charge in [0.2, 0.25) is 10.0 Å². The number of halogens is 1. The fourth-order valence-electron chi connectivity index (χ4n) is 2.02. The minimum atomic E-state index is -3.63. The van der Waals surface area contributed by atoms with Gasteiger partial charge in [-0.3, -0.25) is 4.79 Å². The molecule has 0 bridgehead atoms. The van der Waals surface area contributed by atoms with Crippen LogP contribution in [-0.2, 0) is 14.8 Å². The Balaban J connectivity index is 2.13. The van der Waals surface area contributed by atoms with Crippen molar-refractivity contribution < 1.29 is 22.7 Å². The van der Waals surface area contributed by atoms with Gasteiger partial charge in [0.15, 0.2) is 6.61 Å². The molecule has 2 rings (SSSR count). The van der Waals surface area contributed by atoms with Crippen LogP contribution >= 0.6 is 15.9 Å². The van der Waals surface area contributed by atoms with E-state index in [9.17, 15) is 13.2 Å². The van der Waals surface area contributed by atoms with Crippen molar-refractivity contribution in [2.45, 2.75) is 4.90 Å². The lowest BCUT2D eigenvalue weighted by Crippen LogP contribution is -2.23. The van der Waals surface area contributed by atoms with Crippen LogP contribution in [0.5, 0.6) is 11.5 Å².